The third-order valence-corrected chi connectivity index (χ3v) is 3.93. The zero-order valence-corrected chi connectivity index (χ0v) is 14.5. The fraction of sp³-hybridized carbons (Fsp3) is 0.105. The van der Waals surface area contributed by atoms with E-state index in [9.17, 15) is 4.79 Å². The van der Waals surface area contributed by atoms with Gasteiger partial charge in [-0.25, -0.2) is 0 Å². The number of nitrogens with one attached hydrogen (secondary N) is 1. The van der Waals surface area contributed by atoms with Crippen LogP contribution in [0.3, 0.4) is 0 Å². The van der Waals surface area contributed by atoms with E-state index in [-0.39, 0.29) is 11.9 Å². The molecular weight excluding hydrogens is 338 g/mol. The largest absolute Gasteiger partial charge is 0.403 e. The van der Waals surface area contributed by atoms with Crippen molar-refractivity contribution in [3.63, 3.8) is 0 Å². The molecule has 1 heterocycles. The van der Waals surface area contributed by atoms with Gasteiger partial charge in [-0.1, -0.05) is 52.6 Å². The first-order chi connectivity index (χ1) is 12.0. The molecule has 126 valence electrons. The highest BCUT2D eigenvalue weighted by Crippen LogP contribution is 2.24. The number of rotatable bonds is 4. The molecule has 0 atom stereocenters. The predicted molar refractivity (Wildman–Crippen MR) is 98.3 cm³/mol. The van der Waals surface area contributed by atoms with E-state index in [0.29, 0.717) is 10.9 Å². The Morgan fingerprint density at radius 1 is 1.16 bits per heavy atom. The Labute approximate surface area is 150 Å². The highest BCUT2D eigenvalue weighted by Gasteiger charge is 2.12. The second kappa shape index (κ2) is 7.32. The van der Waals surface area contributed by atoms with E-state index in [1.165, 1.54) is 6.08 Å². The average Bonchev–Trinajstić information content (AvgIpc) is 3.02. The van der Waals surface area contributed by atoms with Crippen LogP contribution < -0.4 is 5.32 Å². The molecule has 1 aromatic heterocycles. The Morgan fingerprint density at radius 2 is 1.96 bits per heavy atom. The SMILES string of the molecule is Cc1ccc(-c2nnc(NC(=O)/C=C/c3ccccc3Cl)o2)c(C)c1. The minimum absolute atomic E-state index is 0.0452. The van der Waals surface area contributed by atoms with Gasteiger partial charge in [-0.2, -0.15) is 0 Å². The Hall–Kier alpha value is -2.92. The van der Waals surface area contributed by atoms with Crippen LogP contribution in [-0.4, -0.2) is 16.1 Å². The van der Waals surface area contributed by atoms with Crippen LogP contribution in [0.1, 0.15) is 16.7 Å². The van der Waals surface area contributed by atoms with Crippen LogP contribution in [0.5, 0.6) is 0 Å². The summed E-state index contributed by atoms with van der Waals surface area (Å²) in [6.45, 7) is 3.98. The molecule has 1 N–H and O–H groups in total. The number of halogens is 1. The maximum absolute atomic E-state index is 12.0. The fourth-order valence-corrected chi connectivity index (χ4v) is 2.56. The third kappa shape index (κ3) is 4.14. The summed E-state index contributed by atoms with van der Waals surface area (Å²) in [4.78, 5) is 12.0. The molecule has 25 heavy (non-hydrogen) atoms. The normalized spacial score (nSPS) is 11.0. The van der Waals surface area contributed by atoms with Crippen LogP contribution in [-0.2, 0) is 4.79 Å². The summed E-state index contributed by atoms with van der Waals surface area (Å²) < 4.78 is 5.52. The summed E-state index contributed by atoms with van der Waals surface area (Å²) in [6, 6.07) is 13.2. The van der Waals surface area contributed by atoms with E-state index in [1.807, 2.05) is 50.2 Å². The van der Waals surface area contributed by atoms with Gasteiger partial charge in [-0.3, -0.25) is 10.1 Å². The topological polar surface area (TPSA) is 68.0 Å². The molecule has 0 aliphatic rings. The van der Waals surface area contributed by atoms with Gasteiger partial charge in [0.2, 0.25) is 5.89 Å². The zero-order valence-electron chi connectivity index (χ0n) is 13.8. The number of carbonyl (C=O) groups is 1. The second-order valence-electron chi connectivity index (χ2n) is 5.57. The predicted octanol–water partition coefficient (Wildman–Crippen LogP) is 4.66. The lowest BCUT2D eigenvalue weighted by Gasteiger charge is -2.01. The molecule has 5 nitrogen and oxygen atoms in total. The molecule has 0 radical (unpaired) electrons. The highest BCUT2D eigenvalue weighted by atomic mass is 35.5. The molecule has 0 aliphatic heterocycles. The Balaban J connectivity index is 1.71. The standard InChI is InChI=1S/C19H16ClN3O2/c1-12-7-9-15(13(2)11-12)18-22-23-19(25-18)21-17(24)10-8-14-5-3-4-6-16(14)20/h3-11H,1-2H3,(H,21,23,24)/b10-8+. The van der Waals surface area contributed by atoms with Crippen LogP contribution in [0.15, 0.2) is 53.0 Å². The second-order valence-corrected chi connectivity index (χ2v) is 5.98. The molecule has 0 fully saturated rings. The lowest BCUT2D eigenvalue weighted by Crippen LogP contribution is -2.07. The minimum atomic E-state index is -0.379. The molecule has 0 bridgehead atoms. The number of benzene rings is 2. The van der Waals surface area contributed by atoms with Crippen molar-refractivity contribution in [1.29, 1.82) is 0 Å². The minimum Gasteiger partial charge on any atom is -0.403 e. The third-order valence-electron chi connectivity index (χ3n) is 3.59. The van der Waals surface area contributed by atoms with E-state index in [4.69, 9.17) is 16.0 Å². The van der Waals surface area contributed by atoms with Gasteiger partial charge in [0.15, 0.2) is 0 Å². The number of nitrogens with zero attached hydrogens (tertiary/aromatic N) is 2. The van der Waals surface area contributed by atoms with Gasteiger partial charge in [0.05, 0.1) is 0 Å². The van der Waals surface area contributed by atoms with E-state index in [2.05, 4.69) is 15.5 Å². The van der Waals surface area contributed by atoms with Crippen molar-refractivity contribution in [2.24, 2.45) is 0 Å². The van der Waals surface area contributed by atoms with Crippen LogP contribution in [0, 0.1) is 13.8 Å². The number of hydrogen-bond donors (Lipinski definition) is 1. The zero-order chi connectivity index (χ0) is 17.8. The van der Waals surface area contributed by atoms with Crippen LogP contribution >= 0.6 is 11.6 Å². The first kappa shape index (κ1) is 16.9. The van der Waals surface area contributed by atoms with Gasteiger partial charge in [-0.15, -0.1) is 5.10 Å². The van der Waals surface area contributed by atoms with Gasteiger partial charge in [-0.05, 0) is 43.2 Å². The van der Waals surface area contributed by atoms with Crippen molar-refractivity contribution < 1.29 is 9.21 Å². The lowest BCUT2D eigenvalue weighted by atomic mass is 10.1. The molecule has 0 saturated carbocycles. The Kier molecular flexibility index (Phi) is 4.95. The first-order valence-corrected chi connectivity index (χ1v) is 8.05. The van der Waals surface area contributed by atoms with Crippen molar-refractivity contribution >= 4 is 29.6 Å². The number of aromatic nitrogens is 2. The van der Waals surface area contributed by atoms with Crippen molar-refractivity contribution in [1.82, 2.24) is 10.2 Å². The van der Waals surface area contributed by atoms with Crippen molar-refractivity contribution in [2.45, 2.75) is 13.8 Å². The molecule has 0 aliphatic carbocycles. The van der Waals surface area contributed by atoms with Gasteiger partial charge in [0, 0.05) is 16.7 Å². The number of aryl methyl sites for hydroxylation is 2. The van der Waals surface area contributed by atoms with Crippen LogP contribution in [0.2, 0.25) is 5.02 Å². The smallest absolute Gasteiger partial charge is 0.322 e. The van der Waals surface area contributed by atoms with Gasteiger partial charge < -0.3 is 4.42 Å². The fourth-order valence-electron chi connectivity index (χ4n) is 2.36. The summed E-state index contributed by atoms with van der Waals surface area (Å²) >= 11 is 6.04. The van der Waals surface area contributed by atoms with Gasteiger partial charge >= 0.3 is 6.01 Å². The molecule has 2 aromatic carbocycles. The Bertz CT molecular complexity index is 947. The number of anilines is 1. The highest BCUT2D eigenvalue weighted by molar-refractivity contribution is 6.32. The van der Waals surface area contributed by atoms with E-state index in [1.54, 1.807) is 12.1 Å². The summed E-state index contributed by atoms with van der Waals surface area (Å²) in [5.41, 5.74) is 3.77. The first-order valence-electron chi connectivity index (χ1n) is 7.67. The number of amides is 1. The maximum atomic E-state index is 12.0. The molecular formula is C19H16ClN3O2. The van der Waals surface area contributed by atoms with Crippen LogP contribution in [0.4, 0.5) is 6.01 Å². The molecule has 3 rings (SSSR count). The average molecular weight is 354 g/mol. The van der Waals surface area contributed by atoms with E-state index >= 15 is 0 Å². The Morgan fingerprint density at radius 3 is 2.72 bits per heavy atom. The summed E-state index contributed by atoms with van der Waals surface area (Å²) in [7, 11) is 0. The summed E-state index contributed by atoms with van der Waals surface area (Å²) in [5, 5.41) is 11.0. The summed E-state index contributed by atoms with van der Waals surface area (Å²) in [5.74, 6) is -0.0152. The van der Waals surface area contributed by atoms with Crippen molar-refractivity contribution in [3.05, 3.63) is 70.3 Å². The van der Waals surface area contributed by atoms with Crippen molar-refractivity contribution in [2.75, 3.05) is 5.32 Å². The van der Waals surface area contributed by atoms with E-state index in [0.717, 1.165) is 22.3 Å². The molecule has 1 amide bonds. The maximum Gasteiger partial charge on any atom is 0.322 e. The van der Waals surface area contributed by atoms with E-state index < -0.39 is 0 Å². The van der Waals surface area contributed by atoms with Gasteiger partial charge in [0.1, 0.15) is 0 Å². The monoisotopic (exact) mass is 353 g/mol. The van der Waals surface area contributed by atoms with Crippen LogP contribution in [0.25, 0.3) is 17.5 Å². The molecule has 0 spiro atoms. The molecule has 6 heteroatoms. The van der Waals surface area contributed by atoms with Gasteiger partial charge in [0.25, 0.3) is 5.91 Å². The molecule has 0 saturated heterocycles. The molecule has 3 aromatic rings. The number of hydrogen-bond acceptors (Lipinski definition) is 4. The quantitative estimate of drug-likeness (QED) is 0.693. The molecule has 0 unspecified atom stereocenters. The summed E-state index contributed by atoms with van der Waals surface area (Å²) in [6.07, 6.45) is 2.99. The number of carbonyl (C=O) groups excluding carboxylic acids is 1. The van der Waals surface area contributed by atoms with Crippen molar-refractivity contribution in [3.8, 4) is 11.5 Å². The lowest BCUT2D eigenvalue weighted by molar-refractivity contribution is -0.112.